The van der Waals surface area contributed by atoms with E-state index >= 15 is 0 Å². The fourth-order valence-electron chi connectivity index (χ4n) is 2.07. The number of ether oxygens (including phenoxy) is 1. The van der Waals surface area contributed by atoms with Crippen LogP contribution in [0.25, 0.3) is 0 Å². The van der Waals surface area contributed by atoms with Crippen LogP contribution in [0.1, 0.15) is 15.4 Å². The topological polar surface area (TPSA) is 76.1 Å². The first-order chi connectivity index (χ1) is 9.76. The van der Waals surface area contributed by atoms with Crippen LogP contribution in [0.15, 0.2) is 24.3 Å². The lowest BCUT2D eigenvalue weighted by atomic mass is 10.1. The molecule has 0 fully saturated rings. The molecule has 0 saturated carbocycles. The predicted molar refractivity (Wildman–Crippen MR) is 76.4 cm³/mol. The van der Waals surface area contributed by atoms with E-state index in [1.807, 2.05) is 24.3 Å². The van der Waals surface area contributed by atoms with Crippen molar-refractivity contribution in [2.24, 2.45) is 0 Å². The Balaban J connectivity index is 1.55. The molecule has 1 aromatic carbocycles. The normalized spacial score (nSPS) is 16.4. The number of nitrogens with zero attached hydrogens (tertiary/aromatic N) is 2. The van der Waals surface area contributed by atoms with Crippen LogP contribution in [-0.2, 0) is 6.42 Å². The zero-order valence-corrected chi connectivity index (χ0v) is 11.7. The molecule has 0 spiro atoms. The van der Waals surface area contributed by atoms with Crippen LogP contribution in [0.2, 0.25) is 0 Å². The van der Waals surface area contributed by atoms with Crippen molar-refractivity contribution >= 4 is 22.4 Å². The van der Waals surface area contributed by atoms with Crippen LogP contribution in [-0.4, -0.2) is 35.8 Å². The number of nitrogens with one attached hydrogen (secondary N) is 2. The molecule has 1 unspecified atom stereocenters. The summed E-state index contributed by atoms with van der Waals surface area (Å²) < 4.78 is 5.76. The maximum absolute atomic E-state index is 11.9. The fourth-order valence-corrected chi connectivity index (χ4v) is 2.68. The van der Waals surface area contributed by atoms with Crippen molar-refractivity contribution in [3.05, 3.63) is 34.8 Å². The Morgan fingerprint density at radius 2 is 2.30 bits per heavy atom. The van der Waals surface area contributed by atoms with Crippen molar-refractivity contribution in [2.45, 2.75) is 12.5 Å². The Bertz CT molecular complexity index is 603. The van der Waals surface area contributed by atoms with Gasteiger partial charge < -0.3 is 15.4 Å². The van der Waals surface area contributed by atoms with Crippen molar-refractivity contribution < 1.29 is 9.53 Å². The average molecular weight is 290 g/mol. The Labute approximate surface area is 120 Å². The van der Waals surface area contributed by atoms with Gasteiger partial charge in [0.2, 0.25) is 10.1 Å². The quantitative estimate of drug-likeness (QED) is 0.888. The van der Waals surface area contributed by atoms with Gasteiger partial charge in [-0.25, -0.2) is 0 Å². The average Bonchev–Trinajstić information content (AvgIpc) is 3.10. The number of anilines is 1. The number of carbonyl (C=O) groups is 1. The van der Waals surface area contributed by atoms with Gasteiger partial charge in [0.15, 0.2) is 0 Å². The molecule has 1 aromatic heterocycles. The van der Waals surface area contributed by atoms with Gasteiger partial charge in [-0.05, 0) is 11.6 Å². The number of para-hydroxylation sites is 1. The summed E-state index contributed by atoms with van der Waals surface area (Å²) >= 11 is 1.22. The largest absolute Gasteiger partial charge is 0.488 e. The van der Waals surface area contributed by atoms with E-state index in [4.69, 9.17) is 4.74 Å². The standard InChI is InChI=1S/C13H14N4O2S/c1-14-13-17-16-12(20-13)11(18)15-7-9-6-8-4-2-3-5-10(8)19-9/h2-5,9H,6-7H2,1H3,(H,14,17)(H,15,18). The number of benzene rings is 1. The molecule has 1 aliphatic heterocycles. The maximum atomic E-state index is 11.9. The summed E-state index contributed by atoms with van der Waals surface area (Å²) in [6.07, 6.45) is 0.793. The third-order valence-corrected chi connectivity index (χ3v) is 3.98. The van der Waals surface area contributed by atoms with Crippen LogP contribution in [0.3, 0.4) is 0 Å². The molecule has 7 heteroatoms. The molecule has 1 atom stereocenters. The SMILES string of the molecule is CNc1nnc(C(=O)NCC2Cc3ccccc3O2)s1. The van der Waals surface area contributed by atoms with Crippen molar-refractivity contribution in [1.82, 2.24) is 15.5 Å². The van der Waals surface area contributed by atoms with Gasteiger partial charge in [-0.15, -0.1) is 10.2 Å². The number of fused-ring (bicyclic) bond motifs is 1. The predicted octanol–water partition coefficient (Wildman–Crippen LogP) is 1.31. The molecule has 6 nitrogen and oxygen atoms in total. The molecule has 1 amide bonds. The minimum Gasteiger partial charge on any atom is -0.488 e. The minimum absolute atomic E-state index is 0.0203. The second-order valence-electron chi connectivity index (χ2n) is 4.42. The highest BCUT2D eigenvalue weighted by Crippen LogP contribution is 2.27. The molecule has 2 heterocycles. The summed E-state index contributed by atoms with van der Waals surface area (Å²) in [7, 11) is 1.74. The van der Waals surface area contributed by atoms with Gasteiger partial charge in [0, 0.05) is 13.5 Å². The number of hydrogen-bond acceptors (Lipinski definition) is 6. The summed E-state index contributed by atoms with van der Waals surface area (Å²) in [6.45, 7) is 0.460. The zero-order valence-electron chi connectivity index (χ0n) is 10.9. The first-order valence-corrected chi connectivity index (χ1v) is 7.12. The Morgan fingerprint density at radius 1 is 1.45 bits per heavy atom. The molecule has 0 radical (unpaired) electrons. The van der Waals surface area contributed by atoms with Crippen molar-refractivity contribution in [3.63, 3.8) is 0 Å². The summed E-state index contributed by atoms with van der Waals surface area (Å²) in [6, 6.07) is 7.92. The molecule has 20 heavy (non-hydrogen) atoms. The summed E-state index contributed by atoms with van der Waals surface area (Å²) in [5.74, 6) is 0.684. The van der Waals surface area contributed by atoms with E-state index in [0.717, 1.165) is 12.2 Å². The van der Waals surface area contributed by atoms with E-state index in [9.17, 15) is 4.79 Å². The Kier molecular flexibility index (Phi) is 3.51. The highest BCUT2D eigenvalue weighted by molar-refractivity contribution is 7.17. The second-order valence-corrected chi connectivity index (χ2v) is 5.40. The van der Waals surface area contributed by atoms with E-state index in [2.05, 4.69) is 20.8 Å². The molecule has 1 aliphatic rings. The van der Waals surface area contributed by atoms with Gasteiger partial charge in [-0.2, -0.15) is 0 Å². The monoisotopic (exact) mass is 290 g/mol. The molecular weight excluding hydrogens is 276 g/mol. The number of aromatic nitrogens is 2. The minimum atomic E-state index is -0.219. The Hall–Kier alpha value is -2.15. The van der Waals surface area contributed by atoms with Crippen LogP contribution < -0.4 is 15.4 Å². The van der Waals surface area contributed by atoms with E-state index in [1.165, 1.54) is 16.9 Å². The van der Waals surface area contributed by atoms with E-state index in [1.54, 1.807) is 7.05 Å². The number of hydrogen-bond donors (Lipinski definition) is 2. The van der Waals surface area contributed by atoms with Crippen molar-refractivity contribution in [3.8, 4) is 5.75 Å². The summed E-state index contributed by atoms with van der Waals surface area (Å²) in [5.41, 5.74) is 1.18. The van der Waals surface area contributed by atoms with Crippen molar-refractivity contribution in [1.29, 1.82) is 0 Å². The van der Waals surface area contributed by atoms with Gasteiger partial charge >= 0.3 is 0 Å². The van der Waals surface area contributed by atoms with Crippen LogP contribution in [0.4, 0.5) is 5.13 Å². The van der Waals surface area contributed by atoms with Gasteiger partial charge in [0.1, 0.15) is 11.9 Å². The number of carbonyl (C=O) groups excluding carboxylic acids is 1. The van der Waals surface area contributed by atoms with E-state index < -0.39 is 0 Å². The molecule has 0 bridgehead atoms. The smallest absolute Gasteiger partial charge is 0.282 e. The molecule has 0 aliphatic carbocycles. The zero-order chi connectivity index (χ0) is 13.9. The lowest BCUT2D eigenvalue weighted by molar-refractivity contribution is 0.0932. The first-order valence-electron chi connectivity index (χ1n) is 6.30. The third kappa shape index (κ3) is 2.57. The summed E-state index contributed by atoms with van der Waals surface area (Å²) in [4.78, 5) is 11.9. The maximum Gasteiger partial charge on any atom is 0.282 e. The van der Waals surface area contributed by atoms with Gasteiger partial charge in [-0.3, -0.25) is 4.79 Å². The van der Waals surface area contributed by atoms with Crippen LogP contribution in [0.5, 0.6) is 5.75 Å². The lowest BCUT2D eigenvalue weighted by Crippen LogP contribution is -2.34. The van der Waals surface area contributed by atoms with Gasteiger partial charge in [-0.1, -0.05) is 29.5 Å². The highest BCUT2D eigenvalue weighted by atomic mass is 32.1. The summed E-state index contributed by atoms with van der Waals surface area (Å²) in [5, 5.41) is 14.3. The number of rotatable bonds is 4. The van der Waals surface area contributed by atoms with Crippen LogP contribution in [0, 0.1) is 0 Å². The van der Waals surface area contributed by atoms with Crippen LogP contribution >= 0.6 is 11.3 Å². The van der Waals surface area contributed by atoms with E-state index in [-0.39, 0.29) is 12.0 Å². The highest BCUT2D eigenvalue weighted by Gasteiger charge is 2.23. The molecule has 3 rings (SSSR count). The third-order valence-electron chi connectivity index (χ3n) is 3.04. The molecule has 2 N–H and O–H groups in total. The molecule has 104 valence electrons. The Morgan fingerprint density at radius 3 is 3.05 bits per heavy atom. The van der Waals surface area contributed by atoms with Gasteiger partial charge in [0.05, 0.1) is 6.54 Å². The van der Waals surface area contributed by atoms with Gasteiger partial charge in [0.25, 0.3) is 5.91 Å². The van der Waals surface area contributed by atoms with Crippen molar-refractivity contribution in [2.75, 3.05) is 18.9 Å². The number of amides is 1. The molecule has 2 aromatic rings. The first kappa shape index (κ1) is 12.9. The van der Waals surface area contributed by atoms with E-state index in [0.29, 0.717) is 16.7 Å². The molecule has 0 saturated heterocycles. The second kappa shape index (κ2) is 5.46. The molecular formula is C13H14N4O2S. The lowest BCUT2D eigenvalue weighted by Gasteiger charge is -2.10. The fraction of sp³-hybridized carbons (Fsp3) is 0.308.